The monoisotopic (exact) mass is 320 g/mol. The van der Waals surface area contributed by atoms with Gasteiger partial charge in [0.1, 0.15) is 11.6 Å². The van der Waals surface area contributed by atoms with Gasteiger partial charge in [0.05, 0.1) is 5.69 Å². The molecule has 2 heterocycles. The van der Waals surface area contributed by atoms with Crippen LogP contribution in [0.2, 0.25) is 5.28 Å². The predicted molar refractivity (Wildman–Crippen MR) is 81.5 cm³/mol. The highest BCUT2D eigenvalue weighted by atomic mass is 35.5. The maximum Gasteiger partial charge on any atom is 0.265 e. The van der Waals surface area contributed by atoms with Gasteiger partial charge in [0, 0.05) is 24.9 Å². The number of aromatic nitrogens is 2. The number of amides is 1. The lowest BCUT2D eigenvalue weighted by Crippen LogP contribution is -2.37. The minimum Gasteiger partial charge on any atom is -0.478 e. The van der Waals surface area contributed by atoms with Crippen molar-refractivity contribution in [1.29, 1.82) is 0 Å². The molecule has 0 saturated heterocycles. The summed E-state index contributed by atoms with van der Waals surface area (Å²) < 4.78 is 5.56. The number of hydrogen-bond acceptors (Lipinski definition) is 6. The van der Waals surface area contributed by atoms with Crippen molar-refractivity contribution in [1.82, 2.24) is 9.97 Å². The highest BCUT2D eigenvalue weighted by Gasteiger charge is 2.27. The van der Waals surface area contributed by atoms with Crippen LogP contribution in [0.4, 0.5) is 17.2 Å². The van der Waals surface area contributed by atoms with Crippen LogP contribution >= 0.6 is 11.6 Å². The van der Waals surface area contributed by atoms with Gasteiger partial charge in [0.15, 0.2) is 6.10 Å². The molecule has 3 rings (SSSR count). The lowest BCUT2D eigenvalue weighted by molar-refractivity contribution is -0.124. The highest BCUT2D eigenvalue weighted by molar-refractivity contribution is 6.28. The summed E-state index contributed by atoms with van der Waals surface area (Å²) in [6.45, 7) is -0.110. The standard InChI is InChI=1S/C14H13ClN4O3/c15-14-16-5-3-12(19-14)17-8-1-2-10-9(7-8)18-13(21)11(22-10)4-6-20/h1-3,5,7,11,20H,4,6H2,(H,18,21)(H,16,17,19). The first-order valence-electron chi connectivity index (χ1n) is 6.64. The Labute approximate surface area is 131 Å². The maximum atomic E-state index is 11.9. The van der Waals surface area contributed by atoms with Crippen LogP contribution in [0, 0.1) is 0 Å². The van der Waals surface area contributed by atoms with Crippen molar-refractivity contribution >= 4 is 34.7 Å². The van der Waals surface area contributed by atoms with Gasteiger partial charge < -0.3 is 20.5 Å². The number of hydrogen-bond donors (Lipinski definition) is 3. The summed E-state index contributed by atoms with van der Waals surface area (Å²) in [5.41, 5.74) is 1.28. The molecule has 0 fully saturated rings. The van der Waals surface area contributed by atoms with E-state index in [1.807, 2.05) is 0 Å². The average Bonchev–Trinajstić information content (AvgIpc) is 2.48. The molecule has 0 saturated carbocycles. The largest absolute Gasteiger partial charge is 0.478 e. The Morgan fingerprint density at radius 1 is 1.41 bits per heavy atom. The first-order valence-corrected chi connectivity index (χ1v) is 7.01. The first-order chi connectivity index (χ1) is 10.7. The normalized spacial score (nSPS) is 16.5. The van der Waals surface area contributed by atoms with Crippen molar-refractivity contribution in [3.8, 4) is 5.75 Å². The highest BCUT2D eigenvalue weighted by Crippen LogP contribution is 2.33. The number of carbonyl (C=O) groups is 1. The number of carbonyl (C=O) groups excluding carboxylic acids is 1. The van der Waals surface area contributed by atoms with E-state index < -0.39 is 6.10 Å². The van der Waals surface area contributed by atoms with Crippen LogP contribution in [0.3, 0.4) is 0 Å². The van der Waals surface area contributed by atoms with Gasteiger partial charge in [-0.3, -0.25) is 4.79 Å². The van der Waals surface area contributed by atoms with E-state index in [1.165, 1.54) is 0 Å². The van der Waals surface area contributed by atoms with E-state index in [2.05, 4.69) is 20.6 Å². The SMILES string of the molecule is O=C1Nc2cc(Nc3ccnc(Cl)n3)ccc2OC1CCO. The van der Waals surface area contributed by atoms with Crippen LogP contribution in [0.5, 0.6) is 5.75 Å². The van der Waals surface area contributed by atoms with Gasteiger partial charge in [-0.2, -0.15) is 0 Å². The summed E-state index contributed by atoms with van der Waals surface area (Å²) in [7, 11) is 0. The number of benzene rings is 1. The summed E-state index contributed by atoms with van der Waals surface area (Å²) in [5.74, 6) is 0.828. The molecule has 0 bridgehead atoms. The lowest BCUT2D eigenvalue weighted by atomic mass is 10.1. The van der Waals surface area contributed by atoms with Gasteiger partial charge in [0.25, 0.3) is 5.91 Å². The van der Waals surface area contributed by atoms with Crippen LogP contribution in [0.15, 0.2) is 30.5 Å². The van der Waals surface area contributed by atoms with Crippen molar-refractivity contribution < 1.29 is 14.6 Å². The Morgan fingerprint density at radius 2 is 2.27 bits per heavy atom. The summed E-state index contributed by atoms with van der Waals surface area (Å²) in [6, 6.07) is 6.95. The summed E-state index contributed by atoms with van der Waals surface area (Å²) in [5, 5.41) is 14.9. The maximum absolute atomic E-state index is 11.9. The van der Waals surface area contributed by atoms with Crippen molar-refractivity contribution in [2.45, 2.75) is 12.5 Å². The molecule has 1 aliphatic heterocycles. The Kier molecular flexibility index (Phi) is 4.08. The van der Waals surface area contributed by atoms with Gasteiger partial charge in [-0.1, -0.05) is 0 Å². The van der Waals surface area contributed by atoms with Crippen molar-refractivity contribution in [3.05, 3.63) is 35.7 Å². The van der Waals surface area contributed by atoms with E-state index in [4.69, 9.17) is 21.4 Å². The molecule has 0 aliphatic carbocycles. The Balaban J connectivity index is 1.80. The second-order valence-electron chi connectivity index (χ2n) is 4.65. The average molecular weight is 321 g/mol. The number of ether oxygens (including phenoxy) is 1. The zero-order chi connectivity index (χ0) is 15.5. The molecule has 0 spiro atoms. The first kappa shape index (κ1) is 14.6. The number of rotatable bonds is 4. The van der Waals surface area contributed by atoms with Crippen molar-refractivity contribution in [2.75, 3.05) is 17.2 Å². The lowest BCUT2D eigenvalue weighted by Gasteiger charge is -2.25. The topological polar surface area (TPSA) is 96.4 Å². The number of fused-ring (bicyclic) bond motifs is 1. The van der Waals surface area contributed by atoms with Crippen molar-refractivity contribution in [2.24, 2.45) is 0 Å². The quantitative estimate of drug-likeness (QED) is 0.745. The Morgan fingerprint density at radius 3 is 3.05 bits per heavy atom. The van der Waals surface area contributed by atoms with Crippen LogP contribution < -0.4 is 15.4 Å². The zero-order valence-electron chi connectivity index (χ0n) is 11.4. The van der Waals surface area contributed by atoms with Crippen LogP contribution in [0.1, 0.15) is 6.42 Å². The fourth-order valence-electron chi connectivity index (χ4n) is 2.09. The molecular formula is C14H13ClN4O3. The summed E-state index contributed by atoms with van der Waals surface area (Å²) in [4.78, 5) is 19.7. The molecule has 1 atom stereocenters. The Hall–Kier alpha value is -2.38. The number of aliphatic hydroxyl groups excluding tert-OH is 1. The molecule has 0 radical (unpaired) electrons. The number of halogens is 1. The van der Waals surface area contributed by atoms with Crippen molar-refractivity contribution in [3.63, 3.8) is 0 Å². The molecule has 8 heteroatoms. The van der Waals surface area contributed by atoms with E-state index in [0.29, 0.717) is 17.3 Å². The summed E-state index contributed by atoms with van der Waals surface area (Å²) in [6.07, 6.45) is 1.13. The van der Waals surface area contributed by atoms with E-state index >= 15 is 0 Å². The second-order valence-corrected chi connectivity index (χ2v) is 4.99. The summed E-state index contributed by atoms with van der Waals surface area (Å²) >= 11 is 5.73. The van der Waals surface area contributed by atoms with E-state index in [0.717, 1.165) is 5.69 Å². The molecule has 1 aliphatic rings. The molecule has 3 N–H and O–H groups in total. The third-order valence-electron chi connectivity index (χ3n) is 3.09. The molecule has 1 unspecified atom stereocenters. The van der Waals surface area contributed by atoms with Crippen LogP contribution in [-0.2, 0) is 4.79 Å². The van der Waals surface area contributed by atoms with E-state index in [9.17, 15) is 4.79 Å². The van der Waals surface area contributed by atoms with Crippen LogP contribution in [-0.4, -0.2) is 33.7 Å². The smallest absolute Gasteiger partial charge is 0.265 e. The zero-order valence-corrected chi connectivity index (χ0v) is 12.2. The van der Waals surface area contributed by atoms with E-state index in [-0.39, 0.29) is 24.2 Å². The second kappa shape index (κ2) is 6.17. The van der Waals surface area contributed by atoms with Gasteiger partial charge in [-0.15, -0.1) is 0 Å². The minimum atomic E-state index is -0.669. The molecule has 22 heavy (non-hydrogen) atoms. The third-order valence-corrected chi connectivity index (χ3v) is 3.27. The van der Waals surface area contributed by atoms with Gasteiger partial charge in [-0.05, 0) is 35.9 Å². The molecule has 1 aromatic carbocycles. The van der Waals surface area contributed by atoms with Crippen LogP contribution in [0.25, 0.3) is 0 Å². The van der Waals surface area contributed by atoms with Gasteiger partial charge in [0.2, 0.25) is 5.28 Å². The molecule has 1 amide bonds. The number of nitrogens with zero attached hydrogens (tertiary/aromatic N) is 2. The fourth-order valence-corrected chi connectivity index (χ4v) is 2.24. The number of anilines is 3. The minimum absolute atomic E-state index is 0.110. The molecule has 2 aromatic rings. The fraction of sp³-hybridized carbons (Fsp3) is 0.214. The molecule has 1 aromatic heterocycles. The number of aliphatic hydroxyl groups is 1. The molecule has 114 valence electrons. The van der Waals surface area contributed by atoms with Gasteiger partial charge in [-0.25, -0.2) is 9.97 Å². The third kappa shape index (κ3) is 3.10. The number of nitrogens with one attached hydrogen (secondary N) is 2. The predicted octanol–water partition coefficient (Wildman–Crippen LogP) is 1.96. The molecule has 7 nitrogen and oxygen atoms in total. The van der Waals surface area contributed by atoms with Gasteiger partial charge >= 0.3 is 0 Å². The van der Waals surface area contributed by atoms with E-state index in [1.54, 1.807) is 30.5 Å². The Bertz CT molecular complexity index is 710. The molecular weight excluding hydrogens is 308 g/mol.